The van der Waals surface area contributed by atoms with E-state index in [-0.39, 0.29) is 5.82 Å². The lowest BCUT2D eigenvalue weighted by Crippen LogP contribution is -2.06. The molecule has 1 N–H and O–H groups in total. The molecule has 5 nitrogen and oxygen atoms in total. The summed E-state index contributed by atoms with van der Waals surface area (Å²) in [6, 6.07) is 10.5. The van der Waals surface area contributed by atoms with E-state index in [9.17, 15) is 4.39 Å². The number of pyridine rings is 1. The molecule has 110 valence electrons. The van der Waals surface area contributed by atoms with E-state index in [0.717, 1.165) is 16.9 Å². The van der Waals surface area contributed by atoms with Gasteiger partial charge in [-0.25, -0.2) is 14.4 Å². The van der Waals surface area contributed by atoms with Crippen molar-refractivity contribution in [2.45, 2.75) is 6.54 Å². The van der Waals surface area contributed by atoms with Crippen LogP contribution in [0.5, 0.6) is 0 Å². The first-order valence-corrected chi connectivity index (χ1v) is 6.99. The van der Waals surface area contributed by atoms with E-state index in [2.05, 4.69) is 15.3 Å². The molecule has 0 unspecified atom stereocenters. The number of rotatable bonds is 3. The van der Waals surface area contributed by atoms with E-state index < -0.39 is 0 Å². The van der Waals surface area contributed by atoms with E-state index in [1.54, 1.807) is 6.07 Å². The normalized spacial score (nSPS) is 11.4. The molecule has 0 saturated carbocycles. The molecule has 6 heteroatoms. The predicted molar refractivity (Wildman–Crippen MR) is 83.2 cm³/mol. The Labute approximate surface area is 126 Å². The summed E-state index contributed by atoms with van der Waals surface area (Å²) in [7, 11) is 1.91. The lowest BCUT2D eigenvalue weighted by Gasteiger charge is -2.06. The fourth-order valence-corrected chi connectivity index (χ4v) is 2.62. The maximum Gasteiger partial charge on any atom is 0.203 e. The Morgan fingerprint density at radius 3 is 3.05 bits per heavy atom. The van der Waals surface area contributed by atoms with E-state index >= 15 is 0 Å². The highest BCUT2D eigenvalue weighted by molar-refractivity contribution is 5.78. The number of benzene rings is 1. The number of hydrogen-bond donors (Lipinski definition) is 1. The first-order chi connectivity index (χ1) is 10.7. The SMILES string of the molecule is Cn1c(NCc2cnc3ccccn23)nc2cc(F)ccc21. The summed E-state index contributed by atoms with van der Waals surface area (Å²) in [5, 5.41) is 3.28. The average Bonchev–Trinajstić information content (AvgIpc) is 3.07. The molecule has 0 radical (unpaired) electrons. The van der Waals surface area contributed by atoms with Crippen molar-refractivity contribution in [1.82, 2.24) is 18.9 Å². The third kappa shape index (κ3) is 2.00. The Morgan fingerprint density at radius 1 is 1.23 bits per heavy atom. The summed E-state index contributed by atoms with van der Waals surface area (Å²) < 4.78 is 17.2. The summed E-state index contributed by atoms with van der Waals surface area (Å²) >= 11 is 0. The van der Waals surface area contributed by atoms with Crippen molar-refractivity contribution in [2.75, 3.05) is 5.32 Å². The van der Waals surface area contributed by atoms with Crippen molar-refractivity contribution < 1.29 is 4.39 Å². The first kappa shape index (κ1) is 12.8. The van der Waals surface area contributed by atoms with E-state index in [1.165, 1.54) is 12.1 Å². The number of nitrogens with zero attached hydrogens (tertiary/aromatic N) is 4. The molecule has 4 aromatic rings. The van der Waals surface area contributed by atoms with Crippen molar-refractivity contribution in [3.63, 3.8) is 0 Å². The molecular weight excluding hydrogens is 281 g/mol. The predicted octanol–water partition coefficient (Wildman–Crippen LogP) is 2.97. The van der Waals surface area contributed by atoms with Crippen molar-refractivity contribution in [3.05, 3.63) is 60.3 Å². The summed E-state index contributed by atoms with van der Waals surface area (Å²) in [4.78, 5) is 8.79. The zero-order chi connectivity index (χ0) is 15.1. The minimum Gasteiger partial charge on any atom is -0.350 e. The number of anilines is 1. The Morgan fingerprint density at radius 2 is 2.14 bits per heavy atom. The average molecular weight is 295 g/mol. The van der Waals surface area contributed by atoms with Crippen LogP contribution in [0.1, 0.15) is 5.69 Å². The van der Waals surface area contributed by atoms with Gasteiger partial charge < -0.3 is 14.3 Å². The second kappa shape index (κ2) is 4.84. The van der Waals surface area contributed by atoms with Gasteiger partial charge in [-0.05, 0) is 24.3 Å². The summed E-state index contributed by atoms with van der Waals surface area (Å²) in [5.74, 6) is 0.422. The lowest BCUT2D eigenvalue weighted by molar-refractivity contribution is 0.629. The van der Waals surface area contributed by atoms with Gasteiger partial charge in [-0.15, -0.1) is 0 Å². The van der Waals surface area contributed by atoms with Crippen LogP contribution in [0.25, 0.3) is 16.7 Å². The molecule has 0 aliphatic rings. The molecule has 4 rings (SSSR count). The lowest BCUT2D eigenvalue weighted by atomic mass is 10.3. The summed E-state index contributed by atoms with van der Waals surface area (Å²) in [5.41, 5.74) is 3.48. The molecule has 0 aliphatic heterocycles. The smallest absolute Gasteiger partial charge is 0.203 e. The molecule has 0 spiro atoms. The number of aromatic nitrogens is 4. The van der Waals surface area contributed by atoms with Crippen LogP contribution in [0.4, 0.5) is 10.3 Å². The first-order valence-electron chi connectivity index (χ1n) is 6.99. The van der Waals surface area contributed by atoms with E-state index in [1.807, 2.05) is 46.6 Å². The van der Waals surface area contributed by atoms with Gasteiger partial charge in [0.15, 0.2) is 0 Å². The van der Waals surface area contributed by atoms with Crippen LogP contribution in [0.15, 0.2) is 48.8 Å². The Hall–Kier alpha value is -2.89. The molecule has 3 aromatic heterocycles. The van der Waals surface area contributed by atoms with Gasteiger partial charge in [-0.2, -0.15) is 0 Å². The van der Waals surface area contributed by atoms with Gasteiger partial charge in [-0.3, -0.25) is 0 Å². The maximum atomic E-state index is 13.3. The van der Waals surface area contributed by atoms with Crippen molar-refractivity contribution in [2.24, 2.45) is 7.05 Å². The van der Waals surface area contributed by atoms with Crippen LogP contribution in [-0.2, 0) is 13.6 Å². The van der Waals surface area contributed by atoms with E-state index in [0.29, 0.717) is 18.0 Å². The van der Waals surface area contributed by atoms with Crippen LogP contribution in [0.2, 0.25) is 0 Å². The fourth-order valence-electron chi connectivity index (χ4n) is 2.62. The zero-order valence-corrected chi connectivity index (χ0v) is 12.0. The number of aryl methyl sites for hydroxylation is 1. The monoisotopic (exact) mass is 295 g/mol. The third-order valence-electron chi connectivity index (χ3n) is 3.76. The van der Waals surface area contributed by atoms with Gasteiger partial charge >= 0.3 is 0 Å². The Balaban J connectivity index is 1.65. The van der Waals surface area contributed by atoms with Crippen LogP contribution in [0.3, 0.4) is 0 Å². The zero-order valence-electron chi connectivity index (χ0n) is 12.0. The molecule has 22 heavy (non-hydrogen) atoms. The van der Waals surface area contributed by atoms with Crippen molar-refractivity contribution >= 4 is 22.6 Å². The van der Waals surface area contributed by atoms with E-state index in [4.69, 9.17) is 0 Å². The second-order valence-electron chi connectivity index (χ2n) is 5.16. The van der Waals surface area contributed by atoms with Gasteiger partial charge in [0, 0.05) is 19.3 Å². The highest BCUT2D eigenvalue weighted by Crippen LogP contribution is 2.19. The molecule has 1 aromatic carbocycles. The van der Waals surface area contributed by atoms with Gasteiger partial charge in [0.05, 0.1) is 29.5 Å². The largest absolute Gasteiger partial charge is 0.350 e. The van der Waals surface area contributed by atoms with Gasteiger partial charge in [0.1, 0.15) is 11.5 Å². The highest BCUT2D eigenvalue weighted by Gasteiger charge is 2.09. The molecule has 3 heterocycles. The molecular formula is C16H14FN5. The molecule has 0 fully saturated rings. The fraction of sp³-hybridized carbons (Fsp3) is 0.125. The minimum absolute atomic E-state index is 0.279. The molecule has 0 amide bonds. The van der Waals surface area contributed by atoms with Crippen molar-refractivity contribution in [1.29, 1.82) is 0 Å². The maximum absolute atomic E-state index is 13.3. The Kier molecular flexibility index (Phi) is 2.82. The topological polar surface area (TPSA) is 47.2 Å². The van der Waals surface area contributed by atoms with Crippen molar-refractivity contribution in [3.8, 4) is 0 Å². The quantitative estimate of drug-likeness (QED) is 0.632. The Bertz CT molecular complexity index is 969. The molecule has 0 saturated heterocycles. The van der Waals surface area contributed by atoms with Gasteiger partial charge in [-0.1, -0.05) is 6.07 Å². The standard InChI is InChI=1S/C16H14FN5/c1-21-14-6-5-11(17)8-13(14)20-16(21)19-10-12-9-18-15-4-2-3-7-22(12)15/h2-9H,10H2,1H3,(H,19,20). The van der Waals surface area contributed by atoms with Gasteiger partial charge in [0.25, 0.3) is 0 Å². The van der Waals surface area contributed by atoms with Crippen LogP contribution >= 0.6 is 0 Å². The van der Waals surface area contributed by atoms with Crippen LogP contribution < -0.4 is 5.32 Å². The number of halogens is 1. The van der Waals surface area contributed by atoms with Gasteiger partial charge in [0.2, 0.25) is 5.95 Å². The minimum atomic E-state index is -0.279. The highest BCUT2D eigenvalue weighted by atomic mass is 19.1. The summed E-state index contributed by atoms with van der Waals surface area (Å²) in [6.45, 7) is 0.588. The molecule has 0 aliphatic carbocycles. The molecule has 0 atom stereocenters. The number of fused-ring (bicyclic) bond motifs is 2. The van der Waals surface area contributed by atoms with Crippen LogP contribution in [-0.4, -0.2) is 18.9 Å². The van der Waals surface area contributed by atoms with Crippen LogP contribution in [0, 0.1) is 5.82 Å². The number of hydrogen-bond acceptors (Lipinski definition) is 3. The molecule has 0 bridgehead atoms. The summed E-state index contributed by atoms with van der Waals surface area (Å²) in [6.07, 6.45) is 3.81. The third-order valence-corrected chi connectivity index (χ3v) is 3.76. The second-order valence-corrected chi connectivity index (χ2v) is 5.16. The number of imidazole rings is 2. The number of nitrogens with one attached hydrogen (secondary N) is 1.